The summed E-state index contributed by atoms with van der Waals surface area (Å²) in [6.45, 7) is 9.11. The largest absolute Gasteiger partial charge is 0.392 e. The molecule has 1 fully saturated rings. The molecular formula is C14H25N3O2. The number of nitrogens with zero attached hydrogens (tertiary/aromatic N) is 2. The van der Waals surface area contributed by atoms with Gasteiger partial charge in [-0.3, -0.25) is 4.90 Å². The van der Waals surface area contributed by atoms with E-state index in [0.29, 0.717) is 6.54 Å². The summed E-state index contributed by atoms with van der Waals surface area (Å²) in [5.74, 6) is 0. The summed E-state index contributed by atoms with van der Waals surface area (Å²) in [4.78, 5) is 2.44. The molecule has 1 unspecified atom stereocenters. The van der Waals surface area contributed by atoms with Gasteiger partial charge in [0.05, 0.1) is 19.3 Å². The van der Waals surface area contributed by atoms with Crippen LogP contribution in [0.1, 0.15) is 12.6 Å². The highest BCUT2D eigenvalue weighted by Crippen LogP contribution is 2.04. The van der Waals surface area contributed by atoms with Crippen LogP contribution >= 0.6 is 0 Å². The van der Waals surface area contributed by atoms with Gasteiger partial charge in [0, 0.05) is 51.2 Å². The first kappa shape index (κ1) is 14.5. The molecular weight excluding hydrogens is 242 g/mol. The Bertz CT molecular complexity index is 359. The predicted molar refractivity (Wildman–Crippen MR) is 75.1 cm³/mol. The molecule has 0 spiro atoms. The number of hydrogen-bond donors (Lipinski definition) is 2. The Hall–Kier alpha value is -0.880. The Balaban J connectivity index is 1.75. The van der Waals surface area contributed by atoms with Crippen LogP contribution in [0.25, 0.3) is 0 Å². The second kappa shape index (κ2) is 7.65. The first-order valence-corrected chi connectivity index (χ1v) is 7.08. The van der Waals surface area contributed by atoms with E-state index in [0.717, 1.165) is 45.9 Å². The Labute approximate surface area is 115 Å². The third-order valence-electron chi connectivity index (χ3n) is 3.43. The van der Waals surface area contributed by atoms with Gasteiger partial charge in [0.1, 0.15) is 0 Å². The number of aliphatic hydroxyl groups excluding tert-OH is 1. The Kier molecular flexibility index (Phi) is 5.85. The van der Waals surface area contributed by atoms with Gasteiger partial charge in [0.15, 0.2) is 0 Å². The molecule has 2 rings (SSSR count). The first-order valence-electron chi connectivity index (χ1n) is 7.08. The molecule has 5 heteroatoms. The van der Waals surface area contributed by atoms with E-state index in [2.05, 4.69) is 33.1 Å². The summed E-state index contributed by atoms with van der Waals surface area (Å²) in [7, 11) is 0. The van der Waals surface area contributed by atoms with Gasteiger partial charge in [-0.1, -0.05) is 0 Å². The van der Waals surface area contributed by atoms with Gasteiger partial charge in [0.2, 0.25) is 0 Å². The number of nitrogens with one attached hydrogen (secondary N) is 1. The number of hydrogen-bond acceptors (Lipinski definition) is 4. The monoisotopic (exact) mass is 267 g/mol. The topological polar surface area (TPSA) is 49.7 Å². The van der Waals surface area contributed by atoms with Crippen LogP contribution in [0.4, 0.5) is 0 Å². The van der Waals surface area contributed by atoms with Crippen molar-refractivity contribution in [3.05, 3.63) is 24.0 Å². The van der Waals surface area contributed by atoms with E-state index in [9.17, 15) is 5.11 Å². The van der Waals surface area contributed by atoms with Crippen molar-refractivity contribution in [2.75, 3.05) is 39.4 Å². The van der Waals surface area contributed by atoms with E-state index in [1.807, 2.05) is 0 Å². The molecule has 1 aliphatic rings. The van der Waals surface area contributed by atoms with Gasteiger partial charge in [0.25, 0.3) is 0 Å². The third-order valence-corrected chi connectivity index (χ3v) is 3.43. The third kappa shape index (κ3) is 4.95. The maximum absolute atomic E-state index is 9.24. The lowest BCUT2D eigenvalue weighted by Gasteiger charge is -2.27. The fourth-order valence-corrected chi connectivity index (χ4v) is 2.31. The van der Waals surface area contributed by atoms with Crippen molar-refractivity contribution in [3.8, 4) is 0 Å². The second-order valence-corrected chi connectivity index (χ2v) is 5.13. The van der Waals surface area contributed by atoms with Gasteiger partial charge < -0.3 is 19.7 Å². The Morgan fingerprint density at radius 3 is 2.89 bits per heavy atom. The SMILES string of the molecule is CC(O)CNCc1cccn1CCN1CCOCC1. The molecule has 1 saturated heterocycles. The lowest BCUT2D eigenvalue weighted by atomic mass is 10.3. The minimum atomic E-state index is -0.295. The van der Waals surface area contributed by atoms with Gasteiger partial charge in [-0.2, -0.15) is 0 Å². The van der Waals surface area contributed by atoms with Crippen LogP contribution in [0.5, 0.6) is 0 Å². The first-order chi connectivity index (χ1) is 9.25. The quantitative estimate of drug-likeness (QED) is 0.745. The van der Waals surface area contributed by atoms with Crippen molar-refractivity contribution >= 4 is 0 Å². The molecule has 0 amide bonds. The number of morpholine rings is 1. The molecule has 2 N–H and O–H groups in total. The zero-order valence-corrected chi connectivity index (χ0v) is 11.7. The smallest absolute Gasteiger partial charge is 0.0636 e. The normalized spacial score (nSPS) is 18.6. The molecule has 0 aromatic carbocycles. The highest BCUT2D eigenvalue weighted by atomic mass is 16.5. The second-order valence-electron chi connectivity index (χ2n) is 5.13. The van der Waals surface area contributed by atoms with Crippen LogP contribution in [0.2, 0.25) is 0 Å². The number of aliphatic hydroxyl groups is 1. The van der Waals surface area contributed by atoms with Crippen LogP contribution in [-0.4, -0.2) is 60.1 Å². The molecule has 108 valence electrons. The summed E-state index contributed by atoms with van der Waals surface area (Å²) >= 11 is 0. The number of ether oxygens (including phenoxy) is 1. The van der Waals surface area contributed by atoms with Crippen molar-refractivity contribution < 1.29 is 9.84 Å². The lowest BCUT2D eigenvalue weighted by molar-refractivity contribution is 0.0363. The van der Waals surface area contributed by atoms with Crippen LogP contribution in [0, 0.1) is 0 Å². The summed E-state index contributed by atoms with van der Waals surface area (Å²) in [5, 5.41) is 12.5. The molecule has 1 aliphatic heterocycles. The predicted octanol–water partition coefficient (Wildman–Crippen LogP) is 0.291. The number of rotatable bonds is 7. The molecule has 0 aliphatic carbocycles. The maximum Gasteiger partial charge on any atom is 0.0636 e. The van der Waals surface area contributed by atoms with Crippen molar-refractivity contribution in [2.24, 2.45) is 0 Å². The molecule has 0 bridgehead atoms. The minimum absolute atomic E-state index is 0.295. The van der Waals surface area contributed by atoms with Gasteiger partial charge in [-0.05, 0) is 19.1 Å². The minimum Gasteiger partial charge on any atom is -0.392 e. The van der Waals surface area contributed by atoms with Crippen molar-refractivity contribution in [1.82, 2.24) is 14.8 Å². The van der Waals surface area contributed by atoms with E-state index in [4.69, 9.17) is 4.74 Å². The Morgan fingerprint density at radius 1 is 1.37 bits per heavy atom. The van der Waals surface area contributed by atoms with Gasteiger partial charge >= 0.3 is 0 Å². The highest BCUT2D eigenvalue weighted by molar-refractivity contribution is 5.07. The van der Waals surface area contributed by atoms with E-state index in [-0.39, 0.29) is 6.10 Å². The molecule has 1 aromatic heterocycles. The molecule has 0 radical (unpaired) electrons. The zero-order valence-electron chi connectivity index (χ0n) is 11.7. The highest BCUT2D eigenvalue weighted by Gasteiger charge is 2.10. The summed E-state index contributed by atoms with van der Waals surface area (Å²) in [6.07, 6.45) is 1.83. The number of aromatic nitrogens is 1. The standard InChI is InChI=1S/C14H25N3O2/c1-13(18)11-15-12-14-3-2-4-17(14)6-5-16-7-9-19-10-8-16/h2-4,13,15,18H,5-12H2,1H3. The van der Waals surface area contributed by atoms with Crippen LogP contribution < -0.4 is 5.32 Å². The fourth-order valence-electron chi connectivity index (χ4n) is 2.31. The average Bonchev–Trinajstić information content (AvgIpc) is 2.85. The zero-order chi connectivity index (χ0) is 13.5. The van der Waals surface area contributed by atoms with Crippen LogP contribution in [-0.2, 0) is 17.8 Å². The van der Waals surface area contributed by atoms with E-state index in [1.165, 1.54) is 5.69 Å². The lowest BCUT2D eigenvalue weighted by Crippen LogP contribution is -2.38. The maximum atomic E-state index is 9.24. The van der Waals surface area contributed by atoms with Crippen LogP contribution in [0.3, 0.4) is 0 Å². The van der Waals surface area contributed by atoms with Gasteiger partial charge in [-0.15, -0.1) is 0 Å². The Morgan fingerprint density at radius 2 is 2.16 bits per heavy atom. The molecule has 5 nitrogen and oxygen atoms in total. The van der Waals surface area contributed by atoms with E-state index < -0.39 is 0 Å². The van der Waals surface area contributed by atoms with Crippen molar-refractivity contribution in [1.29, 1.82) is 0 Å². The molecule has 0 saturated carbocycles. The fraction of sp³-hybridized carbons (Fsp3) is 0.714. The summed E-state index contributed by atoms with van der Waals surface area (Å²) in [5.41, 5.74) is 1.27. The van der Waals surface area contributed by atoms with Crippen molar-refractivity contribution in [2.45, 2.75) is 26.1 Å². The van der Waals surface area contributed by atoms with Crippen molar-refractivity contribution in [3.63, 3.8) is 0 Å². The van der Waals surface area contributed by atoms with Gasteiger partial charge in [-0.25, -0.2) is 0 Å². The van der Waals surface area contributed by atoms with E-state index >= 15 is 0 Å². The molecule has 2 heterocycles. The van der Waals surface area contributed by atoms with Crippen LogP contribution in [0.15, 0.2) is 18.3 Å². The molecule has 1 aromatic rings. The molecule has 19 heavy (non-hydrogen) atoms. The summed E-state index contributed by atoms with van der Waals surface area (Å²) < 4.78 is 7.64. The van der Waals surface area contributed by atoms with E-state index in [1.54, 1.807) is 6.92 Å². The molecule has 1 atom stereocenters. The average molecular weight is 267 g/mol. The summed E-state index contributed by atoms with van der Waals surface area (Å²) in [6, 6.07) is 4.22.